The van der Waals surface area contributed by atoms with Gasteiger partial charge in [-0.25, -0.2) is 4.79 Å². The average Bonchev–Trinajstić information content (AvgIpc) is 2.42. The van der Waals surface area contributed by atoms with Crippen molar-refractivity contribution in [1.29, 1.82) is 0 Å². The normalized spacial score (nSPS) is 12.9. The fourth-order valence-electron chi connectivity index (χ4n) is 2.06. The van der Waals surface area contributed by atoms with E-state index in [1.807, 2.05) is 0 Å². The standard InChI is InChI=1S/C14H14F6O4/c1-7-4-9(12(22,13(15,16)17)14(18,19)20)5-8(2)11(7)24-6-10(21)23-3/h4-5,22H,6H2,1-3H3. The number of benzene rings is 1. The number of ether oxygens (including phenoxy) is 2. The number of rotatable bonds is 4. The van der Waals surface area contributed by atoms with Crippen LogP contribution in [0.3, 0.4) is 0 Å². The van der Waals surface area contributed by atoms with Gasteiger partial charge in [0.25, 0.3) is 5.60 Å². The van der Waals surface area contributed by atoms with E-state index in [1.165, 1.54) is 13.8 Å². The Morgan fingerprint density at radius 3 is 1.79 bits per heavy atom. The maximum atomic E-state index is 12.9. The molecule has 0 aliphatic heterocycles. The van der Waals surface area contributed by atoms with Crippen LogP contribution in [0.4, 0.5) is 26.3 Å². The highest BCUT2D eigenvalue weighted by molar-refractivity contribution is 5.71. The first kappa shape index (κ1) is 20.1. The van der Waals surface area contributed by atoms with Crippen LogP contribution in [0.1, 0.15) is 16.7 Å². The van der Waals surface area contributed by atoms with Crippen LogP contribution in [0.2, 0.25) is 0 Å². The summed E-state index contributed by atoms with van der Waals surface area (Å²) >= 11 is 0. The van der Waals surface area contributed by atoms with Crippen LogP contribution in [0.15, 0.2) is 12.1 Å². The lowest BCUT2D eigenvalue weighted by Gasteiger charge is -2.33. The summed E-state index contributed by atoms with van der Waals surface area (Å²) in [6, 6.07) is 1.03. The molecule has 24 heavy (non-hydrogen) atoms. The first-order valence-electron chi connectivity index (χ1n) is 6.43. The van der Waals surface area contributed by atoms with E-state index in [0.29, 0.717) is 12.1 Å². The Morgan fingerprint density at radius 2 is 1.46 bits per heavy atom. The lowest BCUT2D eigenvalue weighted by atomic mass is 9.89. The van der Waals surface area contributed by atoms with Crippen molar-refractivity contribution >= 4 is 5.97 Å². The summed E-state index contributed by atoms with van der Waals surface area (Å²) in [7, 11) is 1.08. The molecule has 0 saturated carbocycles. The molecule has 1 aromatic rings. The summed E-state index contributed by atoms with van der Waals surface area (Å²) in [4.78, 5) is 11.0. The predicted molar refractivity (Wildman–Crippen MR) is 69.4 cm³/mol. The van der Waals surface area contributed by atoms with Crippen LogP contribution in [-0.2, 0) is 15.1 Å². The van der Waals surface area contributed by atoms with Gasteiger partial charge >= 0.3 is 18.3 Å². The smallest absolute Gasteiger partial charge is 0.430 e. The van der Waals surface area contributed by atoms with Crippen molar-refractivity contribution in [2.24, 2.45) is 0 Å². The molecular formula is C14H14F6O4. The summed E-state index contributed by atoms with van der Waals surface area (Å²) in [5.41, 5.74) is -6.62. The van der Waals surface area contributed by atoms with E-state index in [2.05, 4.69) is 4.74 Å². The molecule has 136 valence electrons. The summed E-state index contributed by atoms with van der Waals surface area (Å²) in [6.07, 6.45) is -11.9. The molecule has 0 radical (unpaired) electrons. The van der Waals surface area contributed by atoms with Gasteiger partial charge in [-0.3, -0.25) is 0 Å². The minimum absolute atomic E-state index is 0.0733. The van der Waals surface area contributed by atoms with Crippen molar-refractivity contribution < 1.29 is 45.7 Å². The number of halogens is 6. The minimum atomic E-state index is -5.97. The van der Waals surface area contributed by atoms with E-state index < -0.39 is 36.1 Å². The Hall–Kier alpha value is -1.97. The molecule has 10 heteroatoms. The summed E-state index contributed by atoms with van der Waals surface area (Å²) in [6.45, 7) is 1.81. The van der Waals surface area contributed by atoms with E-state index in [0.717, 1.165) is 7.11 Å². The first-order valence-corrected chi connectivity index (χ1v) is 6.43. The SMILES string of the molecule is COC(=O)COc1c(C)cc(C(O)(C(F)(F)F)C(F)(F)F)cc1C. The van der Waals surface area contributed by atoms with E-state index in [9.17, 15) is 36.2 Å². The number of aliphatic hydroxyl groups is 1. The average molecular weight is 360 g/mol. The summed E-state index contributed by atoms with van der Waals surface area (Å²) in [5.74, 6) is -0.851. The van der Waals surface area contributed by atoms with Crippen molar-refractivity contribution in [3.05, 3.63) is 28.8 Å². The number of carbonyl (C=O) groups excluding carboxylic acids is 1. The van der Waals surface area contributed by atoms with Gasteiger partial charge in [-0.2, -0.15) is 26.3 Å². The monoisotopic (exact) mass is 360 g/mol. The van der Waals surface area contributed by atoms with Crippen molar-refractivity contribution in [3.63, 3.8) is 0 Å². The van der Waals surface area contributed by atoms with E-state index in [4.69, 9.17) is 4.74 Å². The summed E-state index contributed by atoms with van der Waals surface area (Å²) in [5, 5.41) is 9.39. The lowest BCUT2D eigenvalue weighted by Crippen LogP contribution is -2.54. The summed E-state index contributed by atoms with van der Waals surface area (Å²) < 4.78 is 86.7. The van der Waals surface area contributed by atoms with Gasteiger partial charge in [0, 0.05) is 5.56 Å². The van der Waals surface area contributed by atoms with Crippen LogP contribution < -0.4 is 4.74 Å². The molecule has 0 atom stereocenters. The van der Waals surface area contributed by atoms with Crippen molar-refractivity contribution in [2.75, 3.05) is 13.7 Å². The van der Waals surface area contributed by atoms with Crippen LogP contribution in [0, 0.1) is 13.8 Å². The second-order valence-electron chi connectivity index (χ2n) is 5.01. The zero-order valence-electron chi connectivity index (χ0n) is 12.8. The van der Waals surface area contributed by atoms with Gasteiger partial charge in [-0.1, -0.05) is 0 Å². The zero-order chi connectivity index (χ0) is 18.9. The molecule has 4 nitrogen and oxygen atoms in total. The molecule has 1 N–H and O–H groups in total. The number of alkyl halides is 6. The van der Waals surface area contributed by atoms with E-state index in [1.54, 1.807) is 0 Å². The van der Waals surface area contributed by atoms with Gasteiger partial charge < -0.3 is 14.6 Å². The quantitative estimate of drug-likeness (QED) is 0.662. The number of esters is 1. The molecule has 1 aromatic carbocycles. The molecule has 0 fully saturated rings. The third kappa shape index (κ3) is 3.58. The molecule has 0 aliphatic carbocycles. The van der Waals surface area contributed by atoms with Gasteiger partial charge in [0.2, 0.25) is 0 Å². The Labute approximate surface area is 133 Å². The van der Waals surface area contributed by atoms with Gasteiger partial charge in [0.05, 0.1) is 7.11 Å². The number of carbonyl (C=O) groups is 1. The van der Waals surface area contributed by atoms with Crippen molar-refractivity contribution in [3.8, 4) is 5.75 Å². The highest BCUT2D eigenvalue weighted by Crippen LogP contribution is 2.50. The van der Waals surface area contributed by atoms with E-state index >= 15 is 0 Å². The number of aryl methyl sites for hydroxylation is 2. The Morgan fingerprint density at radius 1 is 1.04 bits per heavy atom. The van der Waals surface area contributed by atoms with Crippen LogP contribution in [-0.4, -0.2) is 37.1 Å². The predicted octanol–water partition coefficient (Wildman–Crippen LogP) is 3.17. The molecule has 0 aromatic heterocycles. The second kappa shape index (κ2) is 6.50. The van der Waals surface area contributed by atoms with Gasteiger partial charge in [-0.05, 0) is 37.1 Å². The number of methoxy groups -OCH3 is 1. The maximum absolute atomic E-state index is 12.9. The maximum Gasteiger partial charge on any atom is 0.430 e. The Balaban J connectivity index is 3.39. The molecule has 0 saturated heterocycles. The second-order valence-corrected chi connectivity index (χ2v) is 5.01. The third-order valence-corrected chi connectivity index (χ3v) is 3.26. The van der Waals surface area contributed by atoms with Gasteiger partial charge in [0.15, 0.2) is 6.61 Å². The van der Waals surface area contributed by atoms with Gasteiger partial charge in [-0.15, -0.1) is 0 Å². The largest absolute Gasteiger partial charge is 0.481 e. The van der Waals surface area contributed by atoms with Crippen LogP contribution >= 0.6 is 0 Å². The van der Waals surface area contributed by atoms with Crippen LogP contribution in [0.5, 0.6) is 5.75 Å². The topological polar surface area (TPSA) is 55.8 Å². The van der Waals surface area contributed by atoms with Crippen molar-refractivity contribution in [2.45, 2.75) is 31.8 Å². The van der Waals surface area contributed by atoms with Crippen molar-refractivity contribution in [1.82, 2.24) is 0 Å². The molecule has 0 aliphatic rings. The van der Waals surface area contributed by atoms with Gasteiger partial charge in [0.1, 0.15) is 5.75 Å². The molecule has 0 bridgehead atoms. The number of hydrogen-bond acceptors (Lipinski definition) is 4. The molecule has 1 rings (SSSR count). The number of hydrogen-bond donors (Lipinski definition) is 1. The highest BCUT2D eigenvalue weighted by atomic mass is 19.4. The molecule has 0 spiro atoms. The fraction of sp³-hybridized carbons (Fsp3) is 0.500. The van der Waals surface area contributed by atoms with E-state index in [-0.39, 0.29) is 16.9 Å². The Bertz CT molecular complexity index is 584. The highest BCUT2D eigenvalue weighted by Gasteiger charge is 2.71. The zero-order valence-corrected chi connectivity index (χ0v) is 12.8. The molecule has 0 amide bonds. The fourth-order valence-corrected chi connectivity index (χ4v) is 2.06. The Kier molecular flexibility index (Phi) is 5.44. The molecule has 0 heterocycles. The first-order chi connectivity index (χ1) is 10.8. The third-order valence-electron chi connectivity index (χ3n) is 3.26. The van der Waals surface area contributed by atoms with Crippen LogP contribution in [0.25, 0.3) is 0 Å². The molecular weight excluding hydrogens is 346 g/mol. The molecule has 0 unspecified atom stereocenters. The minimum Gasteiger partial charge on any atom is -0.481 e. The lowest BCUT2D eigenvalue weighted by molar-refractivity contribution is -0.376.